The molecule has 9 nitrogen and oxygen atoms in total. The molecule has 25 heavy (non-hydrogen) atoms. The molecule has 0 fully saturated rings. The van der Waals surface area contributed by atoms with Gasteiger partial charge in [-0.05, 0) is 25.5 Å². The van der Waals surface area contributed by atoms with Crippen LogP contribution < -0.4 is 14.2 Å². The van der Waals surface area contributed by atoms with Gasteiger partial charge in [-0.25, -0.2) is 16.8 Å². The maximum absolute atomic E-state index is 12.5. The van der Waals surface area contributed by atoms with E-state index in [9.17, 15) is 21.6 Å². The van der Waals surface area contributed by atoms with Crippen molar-refractivity contribution in [1.29, 1.82) is 0 Å². The molecule has 0 radical (unpaired) electrons. The van der Waals surface area contributed by atoms with E-state index in [0.717, 1.165) is 6.07 Å². The van der Waals surface area contributed by atoms with Gasteiger partial charge in [-0.15, -0.1) is 0 Å². The lowest BCUT2D eigenvalue weighted by Crippen LogP contribution is -2.40. The number of aliphatic carboxylic acids is 1. The molecule has 0 amide bonds. The van der Waals surface area contributed by atoms with Crippen LogP contribution in [-0.2, 0) is 24.8 Å². The summed E-state index contributed by atoms with van der Waals surface area (Å²) in [6, 6.07) is 2.37. The van der Waals surface area contributed by atoms with Gasteiger partial charge >= 0.3 is 5.97 Å². The van der Waals surface area contributed by atoms with Crippen molar-refractivity contribution in [2.24, 2.45) is 0 Å². The number of methoxy groups -OCH3 is 1. The second-order valence-corrected chi connectivity index (χ2v) is 8.87. The van der Waals surface area contributed by atoms with Crippen molar-refractivity contribution in [2.75, 3.05) is 17.6 Å². The third-order valence-corrected chi connectivity index (χ3v) is 6.10. The summed E-state index contributed by atoms with van der Waals surface area (Å²) in [4.78, 5) is 10.9. The summed E-state index contributed by atoms with van der Waals surface area (Å²) < 4.78 is 57.5. The average Bonchev–Trinajstić information content (AvgIpc) is 2.53. The van der Waals surface area contributed by atoms with Crippen molar-refractivity contribution in [2.45, 2.75) is 37.6 Å². The van der Waals surface area contributed by atoms with Crippen molar-refractivity contribution in [1.82, 2.24) is 4.72 Å². The monoisotopic (exact) mass is 394 g/mol. The molecule has 1 aromatic carbocycles. The zero-order valence-electron chi connectivity index (χ0n) is 14.1. The fourth-order valence-corrected chi connectivity index (χ4v) is 3.98. The Hall–Kier alpha value is -1.85. The second kappa shape index (κ2) is 8.50. The standard InChI is InChI=1S/C14H22N2O7S2/c1-4-6-11(14(17)18)16-25(21,22)13-8-7-10(9-12(13)23-3)15-24(19,20)5-2/h7-9,11,15-16H,4-6H2,1-3H3,(H,17,18). The van der Waals surface area contributed by atoms with E-state index < -0.39 is 32.1 Å². The number of hydrogen-bond donors (Lipinski definition) is 3. The van der Waals surface area contributed by atoms with Crippen LogP contribution in [0.5, 0.6) is 5.75 Å². The lowest BCUT2D eigenvalue weighted by molar-refractivity contribution is -0.139. The fourth-order valence-electron chi connectivity index (χ4n) is 1.98. The molecule has 3 N–H and O–H groups in total. The lowest BCUT2D eigenvalue weighted by atomic mass is 10.2. The first kappa shape index (κ1) is 21.2. The van der Waals surface area contributed by atoms with E-state index in [1.807, 2.05) is 0 Å². The molecule has 0 spiro atoms. The van der Waals surface area contributed by atoms with Crippen LogP contribution >= 0.6 is 0 Å². The molecular weight excluding hydrogens is 372 g/mol. The molecule has 0 aliphatic carbocycles. The zero-order valence-corrected chi connectivity index (χ0v) is 15.8. The van der Waals surface area contributed by atoms with E-state index in [1.54, 1.807) is 6.92 Å². The van der Waals surface area contributed by atoms with Gasteiger partial charge < -0.3 is 9.84 Å². The van der Waals surface area contributed by atoms with Gasteiger partial charge in [0.1, 0.15) is 16.7 Å². The summed E-state index contributed by atoms with van der Waals surface area (Å²) in [5, 5.41) is 9.11. The Morgan fingerprint density at radius 1 is 1.24 bits per heavy atom. The Balaban J connectivity index is 3.21. The van der Waals surface area contributed by atoms with Crippen LogP contribution in [0.25, 0.3) is 0 Å². The Bertz CT molecular complexity index is 820. The van der Waals surface area contributed by atoms with E-state index in [4.69, 9.17) is 9.84 Å². The lowest BCUT2D eigenvalue weighted by Gasteiger charge is -2.16. The highest BCUT2D eigenvalue weighted by Crippen LogP contribution is 2.28. The maximum atomic E-state index is 12.5. The molecule has 0 aromatic heterocycles. The number of rotatable bonds is 10. The van der Waals surface area contributed by atoms with Gasteiger partial charge in [-0.2, -0.15) is 4.72 Å². The molecule has 142 valence electrons. The van der Waals surface area contributed by atoms with Crippen LogP contribution in [-0.4, -0.2) is 46.8 Å². The Labute approximate surface area is 147 Å². The minimum absolute atomic E-state index is 0.107. The van der Waals surface area contributed by atoms with Gasteiger partial charge in [0.25, 0.3) is 0 Å². The Morgan fingerprint density at radius 3 is 2.36 bits per heavy atom. The number of carbonyl (C=O) groups is 1. The predicted octanol–water partition coefficient (Wildman–Crippen LogP) is 0.988. The maximum Gasteiger partial charge on any atom is 0.321 e. The first-order valence-corrected chi connectivity index (χ1v) is 10.6. The molecule has 0 heterocycles. The van der Waals surface area contributed by atoms with Gasteiger partial charge in [0.15, 0.2) is 0 Å². The molecule has 1 atom stereocenters. The predicted molar refractivity (Wildman–Crippen MR) is 92.7 cm³/mol. The molecule has 1 rings (SSSR count). The molecule has 0 saturated carbocycles. The minimum Gasteiger partial charge on any atom is -0.495 e. The summed E-state index contributed by atoms with van der Waals surface area (Å²) in [5.41, 5.74) is 0.140. The third kappa shape index (κ3) is 5.87. The normalized spacial score (nSPS) is 13.2. The van der Waals surface area contributed by atoms with E-state index in [0.29, 0.717) is 6.42 Å². The molecular formula is C14H22N2O7S2. The largest absolute Gasteiger partial charge is 0.495 e. The summed E-state index contributed by atoms with van der Waals surface area (Å²) in [6.07, 6.45) is 0.611. The SMILES string of the molecule is CCCC(NS(=O)(=O)c1ccc(NS(=O)(=O)CC)cc1OC)C(=O)O. The fraction of sp³-hybridized carbons (Fsp3) is 0.500. The van der Waals surface area contributed by atoms with Crippen molar-refractivity contribution in [3.05, 3.63) is 18.2 Å². The van der Waals surface area contributed by atoms with E-state index in [2.05, 4.69) is 9.44 Å². The summed E-state index contributed by atoms with van der Waals surface area (Å²) in [6.45, 7) is 3.20. The second-order valence-electron chi connectivity index (χ2n) is 5.17. The molecule has 1 aromatic rings. The smallest absolute Gasteiger partial charge is 0.321 e. The summed E-state index contributed by atoms with van der Waals surface area (Å²) in [5.74, 6) is -1.53. The number of carboxylic acid groups (broad SMARTS) is 1. The number of sulfonamides is 2. The highest BCUT2D eigenvalue weighted by Gasteiger charge is 2.27. The average molecular weight is 394 g/mol. The number of nitrogens with one attached hydrogen (secondary N) is 2. The van der Waals surface area contributed by atoms with Crippen LogP contribution in [0.2, 0.25) is 0 Å². The minimum atomic E-state index is -4.17. The number of anilines is 1. The molecule has 1 unspecified atom stereocenters. The highest BCUT2D eigenvalue weighted by atomic mass is 32.2. The van der Waals surface area contributed by atoms with Crippen LogP contribution in [0.15, 0.2) is 23.1 Å². The highest BCUT2D eigenvalue weighted by molar-refractivity contribution is 7.92. The van der Waals surface area contributed by atoms with Gasteiger partial charge in [0, 0.05) is 6.07 Å². The molecule has 11 heteroatoms. The number of carboxylic acids is 1. The number of benzene rings is 1. The summed E-state index contributed by atoms with van der Waals surface area (Å²) >= 11 is 0. The topological polar surface area (TPSA) is 139 Å². The quantitative estimate of drug-likeness (QED) is 0.538. The molecule has 0 aliphatic rings. The molecule has 0 bridgehead atoms. The van der Waals surface area contributed by atoms with Crippen molar-refractivity contribution < 1.29 is 31.5 Å². The van der Waals surface area contributed by atoms with Crippen LogP contribution in [0, 0.1) is 0 Å². The van der Waals surface area contributed by atoms with Gasteiger partial charge in [-0.1, -0.05) is 13.3 Å². The molecule has 0 saturated heterocycles. The number of ether oxygens (including phenoxy) is 1. The Morgan fingerprint density at radius 2 is 1.88 bits per heavy atom. The van der Waals surface area contributed by atoms with E-state index >= 15 is 0 Å². The van der Waals surface area contributed by atoms with E-state index in [1.165, 1.54) is 26.2 Å². The Kier molecular flexibility index (Phi) is 7.20. The number of hydrogen-bond acceptors (Lipinski definition) is 6. The molecule has 0 aliphatic heterocycles. The van der Waals surface area contributed by atoms with Gasteiger partial charge in [0.2, 0.25) is 20.0 Å². The van der Waals surface area contributed by atoms with Crippen molar-refractivity contribution in [3.8, 4) is 5.75 Å². The van der Waals surface area contributed by atoms with Crippen molar-refractivity contribution in [3.63, 3.8) is 0 Å². The summed E-state index contributed by atoms with van der Waals surface area (Å²) in [7, 11) is -6.47. The van der Waals surface area contributed by atoms with Crippen molar-refractivity contribution >= 4 is 31.7 Å². The van der Waals surface area contributed by atoms with Gasteiger partial charge in [0.05, 0.1) is 18.6 Å². The third-order valence-electron chi connectivity index (χ3n) is 3.28. The van der Waals surface area contributed by atoms with Crippen LogP contribution in [0.4, 0.5) is 5.69 Å². The van der Waals surface area contributed by atoms with E-state index in [-0.39, 0.29) is 28.5 Å². The van der Waals surface area contributed by atoms with Crippen LogP contribution in [0.3, 0.4) is 0 Å². The van der Waals surface area contributed by atoms with Gasteiger partial charge in [-0.3, -0.25) is 9.52 Å². The van der Waals surface area contributed by atoms with Crippen LogP contribution in [0.1, 0.15) is 26.7 Å². The first-order valence-electron chi connectivity index (χ1n) is 7.50. The zero-order chi connectivity index (χ0) is 19.3. The first-order chi connectivity index (χ1) is 11.6.